The number of sulfonamides is 1. The maximum atomic E-state index is 13.4. The number of nitrogens with one attached hydrogen (secondary N) is 1. The third-order valence-corrected chi connectivity index (χ3v) is 6.17. The van der Waals surface area contributed by atoms with Crippen LogP contribution in [-0.4, -0.2) is 25.2 Å². The predicted octanol–water partition coefficient (Wildman–Crippen LogP) is 4.10. The van der Waals surface area contributed by atoms with Crippen LogP contribution in [0.5, 0.6) is 0 Å². The van der Waals surface area contributed by atoms with Gasteiger partial charge in [0.25, 0.3) is 0 Å². The number of amides is 1. The minimum Gasteiger partial charge on any atom is -0.325 e. The van der Waals surface area contributed by atoms with Crippen LogP contribution in [0.2, 0.25) is 0 Å². The Hall–Kier alpha value is -3.10. The fourth-order valence-corrected chi connectivity index (χ4v) is 4.19. The standard InChI is InChI=1S/C22H20F2N2O3S/c1-16-5-11-21(12-6-16)30(28,29)26(14-17-7-9-18(23)10-8-17)15-22(27)25-20-4-2-3-19(24)13-20/h2-13H,14-15H2,1H3,(H,25,27). The molecule has 0 saturated heterocycles. The van der Waals surface area contributed by atoms with Crippen LogP contribution in [0.3, 0.4) is 0 Å². The van der Waals surface area contributed by atoms with Gasteiger partial charge in [0, 0.05) is 12.2 Å². The second kappa shape index (κ2) is 9.15. The number of carbonyl (C=O) groups is 1. The summed E-state index contributed by atoms with van der Waals surface area (Å²) < 4.78 is 53.9. The van der Waals surface area contributed by atoms with Gasteiger partial charge in [-0.15, -0.1) is 0 Å². The zero-order valence-corrected chi connectivity index (χ0v) is 17.0. The van der Waals surface area contributed by atoms with Crippen LogP contribution in [0.15, 0.2) is 77.7 Å². The van der Waals surface area contributed by atoms with E-state index in [1.165, 1.54) is 54.6 Å². The number of hydrogen-bond acceptors (Lipinski definition) is 3. The molecule has 3 aromatic carbocycles. The molecular formula is C22H20F2N2O3S. The lowest BCUT2D eigenvalue weighted by molar-refractivity contribution is -0.116. The SMILES string of the molecule is Cc1ccc(S(=O)(=O)N(CC(=O)Nc2cccc(F)c2)Cc2ccc(F)cc2)cc1. The number of carbonyl (C=O) groups excluding carboxylic acids is 1. The van der Waals surface area contributed by atoms with E-state index in [0.29, 0.717) is 5.56 Å². The molecule has 1 N–H and O–H groups in total. The number of rotatable bonds is 7. The van der Waals surface area contributed by atoms with Crippen molar-refractivity contribution in [3.05, 3.63) is 95.6 Å². The Balaban J connectivity index is 1.87. The Labute approximate surface area is 174 Å². The molecule has 0 aliphatic carbocycles. The van der Waals surface area contributed by atoms with Gasteiger partial charge >= 0.3 is 0 Å². The maximum absolute atomic E-state index is 13.4. The average Bonchev–Trinajstić information content (AvgIpc) is 2.69. The first-order valence-corrected chi connectivity index (χ1v) is 10.5. The van der Waals surface area contributed by atoms with Gasteiger partial charge in [-0.25, -0.2) is 17.2 Å². The zero-order valence-electron chi connectivity index (χ0n) is 16.2. The van der Waals surface area contributed by atoms with Gasteiger partial charge in [-0.2, -0.15) is 4.31 Å². The van der Waals surface area contributed by atoms with Crippen molar-refractivity contribution in [3.8, 4) is 0 Å². The molecule has 3 rings (SSSR count). The Morgan fingerprint density at radius 2 is 1.60 bits per heavy atom. The van der Waals surface area contributed by atoms with E-state index in [0.717, 1.165) is 15.9 Å². The summed E-state index contributed by atoms with van der Waals surface area (Å²) in [7, 11) is -4.02. The number of halogens is 2. The summed E-state index contributed by atoms with van der Waals surface area (Å²) in [5, 5.41) is 2.50. The quantitative estimate of drug-likeness (QED) is 0.614. The second-order valence-corrected chi connectivity index (χ2v) is 8.71. The molecule has 0 atom stereocenters. The van der Waals surface area contributed by atoms with Gasteiger partial charge in [-0.3, -0.25) is 4.79 Å². The van der Waals surface area contributed by atoms with Gasteiger partial charge in [0.2, 0.25) is 15.9 Å². The van der Waals surface area contributed by atoms with Gasteiger partial charge in [0.15, 0.2) is 0 Å². The minimum absolute atomic E-state index is 0.0359. The van der Waals surface area contributed by atoms with Crippen molar-refractivity contribution in [1.82, 2.24) is 4.31 Å². The molecule has 30 heavy (non-hydrogen) atoms. The molecule has 156 valence electrons. The first-order chi connectivity index (χ1) is 14.2. The van der Waals surface area contributed by atoms with Gasteiger partial charge < -0.3 is 5.32 Å². The molecule has 8 heteroatoms. The number of nitrogens with zero attached hydrogens (tertiary/aromatic N) is 1. The van der Waals surface area contributed by atoms with Crippen LogP contribution in [-0.2, 0) is 21.4 Å². The van der Waals surface area contributed by atoms with E-state index in [2.05, 4.69) is 5.32 Å². The summed E-state index contributed by atoms with van der Waals surface area (Å²) in [4.78, 5) is 12.5. The second-order valence-electron chi connectivity index (χ2n) is 6.77. The third-order valence-electron chi connectivity index (χ3n) is 4.36. The van der Waals surface area contributed by atoms with Crippen molar-refractivity contribution in [2.24, 2.45) is 0 Å². The first kappa shape index (κ1) is 21.6. The van der Waals surface area contributed by atoms with Crippen molar-refractivity contribution < 1.29 is 22.0 Å². The summed E-state index contributed by atoms with van der Waals surface area (Å²) in [6, 6.07) is 16.9. The minimum atomic E-state index is -4.02. The molecule has 0 bridgehead atoms. The lowest BCUT2D eigenvalue weighted by Crippen LogP contribution is -2.37. The molecule has 0 spiro atoms. The number of aryl methyl sites for hydroxylation is 1. The molecule has 0 aliphatic rings. The van der Waals surface area contributed by atoms with Gasteiger partial charge in [-0.1, -0.05) is 35.9 Å². The molecule has 0 fully saturated rings. The maximum Gasteiger partial charge on any atom is 0.243 e. The van der Waals surface area contributed by atoms with Crippen LogP contribution in [0.1, 0.15) is 11.1 Å². The van der Waals surface area contributed by atoms with Crippen molar-refractivity contribution in [3.63, 3.8) is 0 Å². The van der Waals surface area contributed by atoms with Crippen molar-refractivity contribution in [2.75, 3.05) is 11.9 Å². The van der Waals surface area contributed by atoms with E-state index in [-0.39, 0.29) is 17.1 Å². The summed E-state index contributed by atoms with van der Waals surface area (Å²) >= 11 is 0. The van der Waals surface area contributed by atoms with Gasteiger partial charge in [0.1, 0.15) is 11.6 Å². The number of hydrogen-bond donors (Lipinski definition) is 1. The third kappa shape index (κ3) is 5.49. The average molecular weight is 430 g/mol. The lowest BCUT2D eigenvalue weighted by atomic mass is 10.2. The lowest BCUT2D eigenvalue weighted by Gasteiger charge is -2.22. The fraction of sp³-hybridized carbons (Fsp3) is 0.136. The predicted molar refractivity (Wildman–Crippen MR) is 110 cm³/mol. The molecule has 0 saturated carbocycles. The smallest absolute Gasteiger partial charge is 0.243 e. The highest BCUT2D eigenvalue weighted by Gasteiger charge is 2.27. The summed E-state index contributed by atoms with van der Waals surface area (Å²) in [5.41, 5.74) is 1.63. The van der Waals surface area contributed by atoms with Gasteiger partial charge in [0.05, 0.1) is 11.4 Å². The molecule has 0 radical (unpaired) electrons. The summed E-state index contributed by atoms with van der Waals surface area (Å²) in [6.45, 7) is 1.20. The van der Waals surface area contributed by atoms with Gasteiger partial charge in [-0.05, 0) is 55.0 Å². The normalized spacial score (nSPS) is 11.5. The Morgan fingerprint density at radius 3 is 2.23 bits per heavy atom. The van der Waals surface area contributed by atoms with Crippen molar-refractivity contribution >= 4 is 21.6 Å². The molecule has 1 amide bonds. The molecule has 0 aliphatic heterocycles. The number of anilines is 1. The summed E-state index contributed by atoms with van der Waals surface area (Å²) in [5.74, 6) is -1.60. The van der Waals surface area contributed by atoms with Crippen LogP contribution >= 0.6 is 0 Å². The van der Waals surface area contributed by atoms with E-state index in [9.17, 15) is 22.0 Å². The molecule has 5 nitrogen and oxygen atoms in total. The van der Waals surface area contributed by atoms with Crippen molar-refractivity contribution in [2.45, 2.75) is 18.4 Å². The van der Waals surface area contributed by atoms with E-state index in [1.807, 2.05) is 6.92 Å². The Kier molecular flexibility index (Phi) is 6.59. The van der Waals surface area contributed by atoms with E-state index in [4.69, 9.17) is 0 Å². The highest BCUT2D eigenvalue weighted by molar-refractivity contribution is 7.89. The monoisotopic (exact) mass is 430 g/mol. The fourth-order valence-electron chi connectivity index (χ4n) is 2.81. The highest BCUT2D eigenvalue weighted by atomic mass is 32.2. The van der Waals surface area contributed by atoms with Crippen molar-refractivity contribution in [1.29, 1.82) is 0 Å². The molecule has 0 aromatic heterocycles. The van der Waals surface area contributed by atoms with E-state index >= 15 is 0 Å². The molecule has 3 aromatic rings. The van der Waals surface area contributed by atoms with E-state index < -0.39 is 34.1 Å². The zero-order chi connectivity index (χ0) is 21.7. The van der Waals surface area contributed by atoms with Crippen LogP contribution < -0.4 is 5.32 Å². The summed E-state index contributed by atoms with van der Waals surface area (Å²) in [6.07, 6.45) is 0. The topological polar surface area (TPSA) is 66.5 Å². The molecule has 0 unspecified atom stereocenters. The largest absolute Gasteiger partial charge is 0.325 e. The molecule has 0 heterocycles. The van der Waals surface area contributed by atoms with E-state index in [1.54, 1.807) is 12.1 Å². The van der Waals surface area contributed by atoms with Crippen LogP contribution in [0, 0.1) is 18.6 Å². The Morgan fingerprint density at radius 1 is 0.933 bits per heavy atom. The van der Waals surface area contributed by atoms with Crippen LogP contribution in [0.4, 0.5) is 14.5 Å². The highest BCUT2D eigenvalue weighted by Crippen LogP contribution is 2.20. The first-order valence-electron chi connectivity index (χ1n) is 9.11. The molecular weight excluding hydrogens is 410 g/mol. The Bertz CT molecular complexity index is 1130. The van der Waals surface area contributed by atoms with Crippen LogP contribution in [0.25, 0.3) is 0 Å². The number of benzene rings is 3.